The SMILES string of the molecule is CN1C[C@H](C(=O)NCc2ccnc(N3CCCCC3)c2)CC1=O. The summed E-state index contributed by atoms with van der Waals surface area (Å²) in [5, 5.41) is 2.95. The lowest BCUT2D eigenvalue weighted by Gasteiger charge is -2.28. The molecule has 2 aliphatic heterocycles. The molecule has 1 aromatic rings. The second-order valence-electron chi connectivity index (χ2n) is 6.46. The number of aromatic nitrogens is 1. The lowest BCUT2D eigenvalue weighted by Crippen LogP contribution is -2.32. The van der Waals surface area contributed by atoms with E-state index < -0.39 is 0 Å². The highest BCUT2D eigenvalue weighted by atomic mass is 16.2. The second-order valence-corrected chi connectivity index (χ2v) is 6.46. The molecule has 2 fully saturated rings. The fraction of sp³-hybridized carbons (Fsp3) is 0.588. The number of anilines is 1. The summed E-state index contributed by atoms with van der Waals surface area (Å²) in [4.78, 5) is 32.1. The Morgan fingerprint density at radius 2 is 2.13 bits per heavy atom. The number of rotatable bonds is 4. The Hall–Kier alpha value is -2.11. The van der Waals surface area contributed by atoms with Crippen LogP contribution in [0.5, 0.6) is 0 Å². The van der Waals surface area contributed by atoms with Gasteiger partial charge in [0.1, 0.15) is 5.82 Å². The molecule has 3 rings (SSSR count). The van der Waals surface area contributed by atoms with Crippen LogP contribution in [0.2, 0.25) is 0 Å². The van der Waals surface area contributed by atoms with Crippen LogP contribution in [0.1, 0.15) is 31.2 Å². The number of amides is 2. The van der Waals surface area contributed by atoms with Gasteiger partial charge in [-0.15, -0.1) is 0 Å². The number of carbonyl (C=O) groups is 2. The zero-order valence-corrected chi connectivity index (χ0v) is 13.6. The highest BCUT2D eigenvalue weighted by Crippen LogP contribution is 2.19. The summed E-state index contributed by atoms with van der Waals surface area (Å²) in [5.74, 6) is 0.767. The van der Waals surface area contributed by atoms with Gasteiger partial charge in [0.2, 0.25) is 11.8 Å². The van der Waals surface area contributed by atoms with Crippen molar-refractivity contribution in [2.24, 2.45) is 5.92 Å². The van der Waals surface area contributed by atoms with Crippen LogP contribution in [0.3, 0.4) is 0 Å². The van der Waals surface area contributed by atoms with E-state index in [1.54, 1.807) is 18.1 Å². The van der Waals surface area contributed by atoms with Gasteiger partial charge in [-0.25, -0.2) is 4.98 Å². The summed E-state index contributed by atoms with van der Waals surface area (Å²) in [6.45, 7) is 3.11. The van der Waals surface area contributed by atoms with E-state index in [4.69, 9.17) is 0 Å². The average molecular weight is 316 g/mol. The fourth-order valence-electron chi connectivity index (χ4n) is 3.24. The van der Waals surface area contributed by atoms with Crippen molar-refractivity contribution in [3.63, 3.8) is 0 Å². The lowest BCUT2D eigenvalue weighted by atomic mass is 10.1. The van der Waals surface area contributed by atoms with Crippen molar-refractivity contribution in [3.05, 3.63) is 23.9 Å². The van der Waals surface area contributed by atoms with Gasteiger partial charge in [0.15, 0.2) is 0 Å². The van der Waals surface area contributed by atoms with E-state index in [1.807, 2.05) is 6.07 Å². The van der Waals surface area contributed by atoms with Gasteiger partial charge < -0.3 is 15.1 Å². The van der Waals surface area contributed by atoms with Crippen molar-refractivity contribution >= 4 is 17.6 Å². The maximum Gasteiger partial charge on any atom is 0.225 e. The molecule has 6 nitrogen and oxygen atoms in total. The number of carbonyl (C=O) groups excluding carboxylic acids is 2. The Morgan fingerprint density at radius 1 is 1.35 bits per heavy atom. The maximum absolute atomic E-state index is 12.2. The molecule has 2 amide bonds. The molecular weight excluding hydrogens is 292 g/mol. The Kier molecular flexibility index (Phi) is 4.79. The first-order valence-electron chi connectivity index (χ1n) is 8.35. The number of hydrogen-bond donors (Lipinski definition) is 1. The zero-order valence-electron chi connectivity index (χ0n) is 13.6. The number of nitrogens with one attached hydrogen (secondary N) is 1. The first kappa shape index (κ1) is 15.8. The molecule has 0 bridgehead atoms. The van der Waals surface area contributed by atoms with Gasteiger partial charge in [0.05, 0.1) is 5.92 Å². The van der Waals surface area contributed by atoms with E-state index in [2.05, 4.69) is 21.3 Å². The summed E-state index contributed by atoms with van der Waals surface area (Å²) >= 11 is 0. The number of likely N-dealkylation sites (tertiary alicyclic amines) is 1. The molecule has 0 aliphatic carbocycles. The standard InChI is InChI=1S/C17H24N4O2/c1-20-12-14(10-16(20)22)17(23)19-11-13-5-6-18-15(9-13)21-7-3-2-4-8-21/h5-6,9,14H,2-4,7-8,10-12H2,1H3,(H,19,23)/t14-/m1/s1. The molecular formula is C17H24N4O2. The smallest absolute Gasteiger partial charge is 0.225 e. The number of nitrogens with zero attached hydrogens (tertiary/aromatic N) is 3. The third-order valence-electron chi connectivity index (χ3n) is 4.67. The Bertz CT molecular complexity index is 584. The molecule has 2 saturated heterocycles. The third kappa shape index (κ3) is 3.81. The topological polar surface area (TPSA) is 65.5 Å². The summed E-state index contributed by atoms with van der Waals surface area (Å²) in [6.07, 6.45) is 5.84. The second kappa shape index (κ2) is 6.98. The van der Waals surface area contributed by atoms with Crippen molar-refractivity contribution in [2.75, 3.05) is 31.6 Å². The van der Waals surface area contributed by atoms with Gasteiger partial charge in [0.25, 0.3) is 0 Å². The highest BCUT2D eigenvalue weighted by molar-refractivity contribution is 5.89. The Morgan fingerprint density at radius 3 is 2.83 bits per heavy atom. The summed E-state index contributed by atoms with van der Waals surface area (Å²) < 4.78 is 0. The third-order valence-corrected chi connectivity index (χ3v) is 4.67. The number of pyridine rings is 1. The van der Waals surface area contributed by atoms with E-state index in [1.165, 1.54) is 19.3 Å². The quantitative estimate of drug-likeness (QED) is 0.905. The molecule has 0 saturated carbocycles. The molecule has 1 atom stereocenters. The van der Waals surface area contributed by atoms with E-state index in [0.717, 1.165) is 24.5 Å². The van der Waals surface area contributed by atoms with E-state index >= 15 is 0 Å². The summed E-state index contributed by atoms with van der Waals surface area (Å²) in [6, 6.07) is 3.98. The maximum atomic E-state index is 12.2. The number of piperidine rings is 1. The van der Waals surface area contributed by atoms with Gasteiger partial charge >= 0.3 is 0 Å². The molecule has 2 aliphatic rings. The first-order valence-corrected chi connectivity index (χ1v) is 8.35. The van der Waals surface area contributed by atoms with Crippen molar-refractivity contribution in [1.82, 2.24) is 15.2 Å². The molecule has 3 heterocycles. The summed E-state index contributed by atoms with van der Waals surface area (Å²) in [7, 11) is 1.74. The van der Waals surface area contributed by atoms with Crippen LogP contribution in [0.25, 0.3) is 0 Å². The van der Waals surface area contributed by atoms with Crippen molar-refractivity contribution in [2.45, 2.75) is 32.2 Å². The molecule has 1 N–H and O–H groups in total. The molecule has 0 unspecified atom stereocenters. The largest absolute Gasteiger partial charge is 0.357 e. The average Bonchev–Trinajstić information content (AvgIpc) is 2.93. The molecule has 1 aromatic heterocycles. The normalized spacial score (nSPS) is 21.6. The zero-order chi connectivity index (χ0) is 16.2. The van der Waals surface area contributed by atoms with Gasteiger partial charge in [-0.1, -0.05) is 0 Å². The van der Waals surface area contributed by atoms with Crippen LogP contribution < -0.4 is 10.2 Å². The van der Waals surface area contributed by atoms with E-state index in [-0.39, 0.29) is 17.7 Å². The summed E-state index contributed by atoms with van der Waals surface area (Å²) in [5.41, 5.74) is 1.05. The van der Waals surface area contributed by atoms with Crippen LogP contribution in [0, 0.1) is 5.92 Å². The monoisotopic (exact) mass is 316 g/mol. The first-order chi connectivity index (χ1) is 11.1. The van der Waals surface area contributed by atoms with Crippen LogP contribution in [-0.2, 0) is 16.1 Å². The molecule has 0 aromatic carbocycles. The van der Waals surface area contributed by atoms with Crippen molar-refractivity contribution in [1.29, 1.82) is 0 Å². The van der Waals surface area contributed by atoms with Gasteiger partial charge in [-0.05, 0) is 37.0 Å². The van der Waals surface area contributed by atoms with E-state index in [9.17, 15) is 9.59 Å². The van der Waals surface area contributed by atoms with Crippen LogP contribution in [-0.4, -0.2) is 48.4 Å². The van der Waals surface area contributed by atoms with Crippen molar-refractivity contribution < 1.29 is 9.59 Å². The van der Waals surface area contributed by atoms with Gasteiger partial charge in [0, 0.05) is 45.8 Å². The van der Waals surface area contributed by atoms with Gasteiger partial charge in [-0.3, -0.25) is 9.59 Å². The molecule has 6 heteroatoms. The molecule has 0 radical (unpaired) electrons. The van der Waals surface area contributed by atoms with E-state index in [0.29, 0.717) is 19.5 Å². The van der Waals surface area contributed by atoms with Crippen LogP contribution >= 0.6 is 0 Å². The fourth-order valence-corrected chi connectivity index (χ4v) is 3.24. The lowest BCUT2D eigenvalue weighted by molar-refractivity contribution is -0.128. The van der Waals surface area contributed by atoms with Crippen molar-refractivity contribution in [3.8, 4) is 0 Å². The minimum absolute atomic E-state index is 0.0426. The minimum atomic E-state index is -0.226. The predicted octanol–water partition coefficient (Wildman–Crippen LogP) is 1.17. The Balaban J connectivity index is 1.56. The molecule has 23 heavy (non-hydrogen) atoms. The molecule has 124 valence electrons. The minimum Gasteiger partial charge on any atom is -0.357 e. The molecule has 0 spiro atoms. The predicted molar refractivity (Wildman–Crippen MR) is 87.9 cm³/mol. The van der Waals surface area contributed by atoms with Gasteiger partial charge in [-0.2, -0.15) is 0 Å². The number of hydrogen-bond acceptors (Lipinski definition) is 4. The van der Waals surface area contributed by atoms with Crippen LogP contribution in [0.4, 0.5) is 5.82 Å². The van der Waals surface area contributed by atoms with Crippen LogP contribution in [0.15, 0.2) is 18.3 Å². The highest BCUT2D eigenvalue weighted by Gasteiger charge is 2.31. The Labute approximate surface area is 136 Å².